The number of carbonyl (C=O) groups is 3. The van der Waals surface area contributed by atoms with Crippen LogP contribution in [-0.4, -0.2) is 51.8 Å². The van der Waals surface area contributed by atoms with Crippen LogP contribution < -0.4 is 0 Å². The molecule has 3 rings (SSSR count). The average molecular weight is 1120 g/mol. The van der Waals surface area contributed by atoms with Gasteiger partial charge in [0.1, 0.15) is 17.8 Å². The summed E-state index contributed by atoms with van der Waals surface area (Å²) in [5.74, 6) is -0.207. The first-order chi connectivity index (χ1) is 38.6. The largest absolute Gasteiger partial charge is 0.462 e. The van der Waals surface area contributed by atoms with Crippen LogP contribution in [0.1, 0.15) is 269 Å². The lowest BCUT2D eigenvalue weighted by atomic mass is 9.61. The van der Waals surface area contributed by atoms with Crippen molar-refractivity contribution in [1.29, 1.82) is 0 Å². The molecule has 452 valence electrons. The molecular weight excluding hydrogens is 1000 g/mol. The number of allylic oxidation sites excluding steroid dienone is 20. The minimum atomic E-state index is -1.14. The minimum absolute atomic E-state index is 0.0747. The highest BCUT2D eigenvalue weighted by Crippen LogP contribution is 2.67. The lowest BCUT2D eigenvalue weighted by Gasteiger charge is -2.44. The Morgan fingerprint density at radius 3 is 1.51 bits per heavy atom. The van der Waals surface area contributed by atoms with Crippen LogP contribution in [0.5, 0.6) is 0 Å². The Bertz CT molecular complexity index is 2290. The van der Waals surface area contributed by atoms with Gasteiger partial charge in [-0.25, -0.2) is 0 Å². The molecular formula is C74H114O7. The van der Waals surface area contributed by atoms with Gasteiger partial charge in [-0.2, -0.15) is 0 Å². The Labute approximate surface area is 495 Å². The number of hydrogen-bond donors (Lipinski definition) is 1. The molecule has 0 aromatic rings. The number of epoxide rings is 1. The molecule has 1 saturated heterocycles. The van der Waals surface area contributed by atoms with Crippen LogP contribution in [0, 0.1) is 10.8 Å². The Morgan fingerprint density at radius 2 is 0.988 bits per heavy atom. The van der Waals surface area contributed by atoms with Crippen LogP contribution in [0.2, 0.25) is 0 Å². The van der Waals surface area contributed by atoms with Crippen molar-refractivity contribution in [2.75, 3.05) is 0 Å². The molecule has 3 fully saturated rings. The Kier molecular flexibility index (Phi) is 32.8. The van der Waals surface area contributed by atoms with E-state index in [4.69, 9.17) is 14.2 Å². The van der Waals surface area contributed by atoms with E-state index < -0.39 is 16.8 Å². The number of rotatable bonds is 39. The third-order valence-electron chi connectivity index (χ3n) is 16.9. The van der Waals surface area contributed by atoms with Crippen LogP contribution in [-0.2, 0) is 28.6 Å². The third kappa shape index (κ3) is 27.1. The maximum atomic E-state index is 13.6. The molecule has 0 amide bonds. The molecule has 2 saturated carbocycles. The molecule has 81 heavy (non-hydrogen) atoms. The summed E-state index contributed by atoms with van der Waals surface area (Å²) in [5.41, 5.74) is 5.19. The molecule has 1 heterocycles. The van der Waals surface area contributed by atoms with Crippen LogP contribution >= 0.6 is 0 Å². The predicted molar refractivity (Wildman–Crippen MR) is 342 cm³/mol. The molecule has 0 spiro atoms. The van der Waals surface area contributed by atoms with Gasteiger partial charge >= 0.3 is 11.9 Å². The number of fused-ring (bicyclic) bond motifs is 1. The summed E-state index contributed by atoms with van der Waals surface area (Å²) in [4.78, 5) is 39.3. The van der Waals surface area contributed by atoms with Gasteiger partial charge in [-0.15, -0.1) is 5.73 Å². The zero-order valence-electron chi connectivity index (χ0n) is 53.4. The fraction of sp³-hybridized carbons (Fsp3) is 0.649. The smallest absolute Gasteiger partial charge is 0.306 e. The van der Waals surface area contributed by atoms with E-state index in [1.165, 1.54) is 83.5 Å². The average Bonchev–Trinajstić information content (AvgIpc) is 2.31. The monoisotopic (exact) mass is 1110 g/mol. The molecule has 1 N–H and O–H groups in total. The highest BCUT2D eigenvalue weighted by atomic mass is 16.6. The number of carbonyl (C=O) groups excluding carboxylic acids is 3. The minimum Gasteiger partial charge on any atom is -0.462 e. The van der Waals surface area contributed by atoms with Crippen LogP contribution in [0.3, 0.4) is 0 Å². The number of unbranched alkanes of at least 4 members (excludes halogenated alkanes) is 17. The highest BCUT2D eigenvalue weighted by molar-refractivity contribution is 5.96. The predicted octanol–water partition coefficient (Wildman–Crippen LogP) is 20.3. The molecule has 0 radical (unpaired) electrons. The van der Waals surface area contributed by atoms with Crippen molar-refractivity contribution in [3.63, 3.8) is 0 Å². The lowest BCUT2D eigenvalue weighted by Crippen LogP contribution is -2.49. The summed E-state index contributed by atoms with van der Waals surface area (Å²) in [6.07, 6.45) is 64.5. The quantitative estimate of drug-likeness (QED) is 0.0124. The van der Waals surface area contributed by atoms with Crippen LogP contribution in [0.15, 0.2) is 137 Å². The fourth-order valence-corrected chi connectivity index (χ4v) is 12.1. The lowest BCUT2D eigenvalue weighted by molar-refractivity contribution is -0.156. The first-order valence-corrected chi connectivity index (χ1v) is 32.1. The van der Waals surface area contributed by atoms with Gasteiger partial charge in [-0.1, -0.05) is 221 Å². The first kappa shape index (κ1) is 70.7. The third-order valence-corrected chi connectivity index (χ3v) is 16.9. The van der Waals surface area contributed by atoms with Crippen molar-refractivity contribution in [1.82, 2.24) is 0 Å². The Hall–Kier alpha value is -4.55. The topological polar surface area (TPSA) is 102 Å². The second-order valence-electron chi connectivity index (χ2n) is 25.8. The van der Waals surface area contributed by atoms with E-state index in [0.29, 0.717) is 50.5 Å². The number of aliphatic hydroxyl groups is 1. The van der Waals surface area contributed by atoms with E-state index in [9.17, 15) is 19.5 Å². The molecule has 3 aliphatic rings. The zero-order valence-corrected chi connectivity index (χ0v) is 53.4. The number of hydrogen-bond acceptors (Lipinski definition) is 7. The number of ketones is 1. The van der Waals surface area contributed by atoms with Gasteiger partial charge in [0.2, 0.25) is 0 Å². The van der Waals surface area contributed by atoms with Gasteiger partial charge < -0.3 is 19.3 Å². The summed E-state index contributed by atoms with van der Waals surface area (Å²) in [5, 5.41) is 11.6. The number of esters is 2. The summed E-state index contributed by atoms with van der Waals surface area (Å²) < 4.78 is 18.5. The number of ether oxygens (including phenoxy) is 3. The summed E-state index contributed by atoms with van der Waals surface area (Å²) in [6, 6.07) is 0. The van der Waals surface area contributed by atoms with Gasteiger partial charge in [-0.05, 0) is 148 Å². The van der Waals surface area contributed by atoms with Gasteiger partial charge in [0, 0.05) is 43.1 Å². The van der Waals surface area contributed by atoms with E-state index >= 15 is 0 Å². The zero-order chi connectivity index (χ0) is 59.6. The molecule has 0 unspecified atom stereocenters. The normalized spacial score (nSPS) is 24.3. The second kappa shape index (κ2) is 37.6. The fourth-order valence-electron chi connectivity index (χ4n) is 12.1. The van der Waals surface area contributed by atoms with Gasteiger partial charge in [0.25, 0.3) is 0 Å². The Morgan fingerprint density at radius 1 is 0.543 bits per heavy atom. The molecule has 0 bridgehead atoms. The summed E-state index contributed by atoms with van der Waals surface area (Å²) in [7, 11) is 0. The Balaban J connectivity index is 1.37. The molecule has 0 aromatic carbocycles. The van der Waals surface area contributed by atoms with E-state index in [0.717, 1.165) is 80.1 Å². The van der Waals surface area contributed by atoms with E-state index in [2.05, 4.69) is 110 Å². The van der Waals surface area contributed by atoms with Crippen molar-refractivity contribution < 1.29 is 33.7 Å². The summed E-state index contributed by atoms with van der Waals surface area (Å²) in [6.45, 7) is 24.9. The molecule has 7 heteroatoms. The molecule has 1 aliphatic heterocycles. The second-order valence-corrected chi connectivity index (χ2v) is 25.8. The number of Topliss-reactive ketones (excluding diaryl/α,β-unsaturated/α-hetero) is 1. The van der Waals surface area contributed by atoms with Gasteiger partial charge in [0.05, 0.1) is 11.2 Å². The van der Waals surface area contributed by atoms with Crippen LogP contribution in [0.4, 0.5) is 0 Å². The van der Waals surface area contributed by atoms with Gasteiger partial charge in [0.15, 0.2) is 5.78 Å². The van der Waals surface area contributed by atoms with Crippen molar-refractivity contribution in [2.45, 2.75) is 298 Å². The SMILES string of the molecule is CCCCC/C=C\C/C=C\CCCCCCCC(=O)O[C@H]1CC(C)(C)[C@]2(CC(=O)/C(C)=C/C=C/C(C)=C/C=C/C=C(C)/C=C/C=C(\C)C=C=C3C(C)(C)C[C@H](OC(=O)CCCCCCC/C=C/CCCCCC)C[C@@]3(C)O)O[C@]2(C)C1. The molecule has 7 nitrogen and oxygen atoms in total. The first-order valence-electron chi connectivity index (χ1n) is 32.1. The maximum Gasteiger partial charge on any atom is 0.306 e. The standard InChI is InChI=1S/C74H114O7/c1-13-15-17-19-21-23-25-27-28-30-32-34-36-38-40-52-69(77)80-65-56-71(9,10)74(73(12,58-65)81-74)59-66(75)63(6)50-44-49-61(4)46-42-41-45-60(3)47-43-48-62(5)53-54-67-70(7,8)55-64(57-72(67,11)78)79-68(76)51-39-37-35-33-31-29-26-24-22-20-18-16-14-2/h21,23-24,26-28,41-50,53,64-65,78H,13-20,22,25,29-40,51-52,55-59H2,1-12H3/b23-21-,26-24+,28-27-,42-41+,47-43+,49-44+,60-45+,61-46+,62-48+,63-50+/t54?,64-,65-,72+,73+,74-/m0/s1. The van der Waals surface area contributed by atoms with E-state index in [1.54, 1.807) is 0 Å². The van der Waals surface area contributed by atoms with Crippen molar-refractivity contribution >= 4 is 17.7 Å². The highest BCUT2D eigenvalue weighted by Gasteiger charge is 2.76. The van der Waals surface area contributed by atoms with Crippen molar-refractivity contribution in [3.05, 3.63) is 137 Å². The van der Waals surface area contributed by atoms with E-state index in [1.807, 2.05) is 82.4 Å². The van der Waals surface area contributed by atoms with Crippen molar-refractivity contribution in [3.8, 4) is 0 Å². The molecule has 2 aliphatic carbocycles. The summed E-state index contributed by atoms with van der Waals surface area (Å²) >= 11 is 0. The van der Waals surface area contributed by atoms with E-state index in [-0.39, 0.29) is 40.8 Å². The van der Waals surface area contributed by atoms with Crippen LogP contribution in [0.25, 0.3) is 0 Å². The van der Waals surface area contributed by atoms with Crippen molar-refractivity contribution in [2.24, 2.45) is 10.8 Å². The maximum absolute atomic E-state index is 13.6. The molecule has 5 atom stereocenters. The molecule has 0 aromatic heterocycles. The van der Waals surface area contributed by atoms with Gasteiger partial charge in [-0.3, -0.25) is 14.4 Å².